The maximum atomic E-state index is 12.3. The van der Waals surface area contributed by atoms with Crippen molar-refractivity contribution in [1.29, 1.82) is 0 Å². The van der Waals surface area contributed by atoms with E-state index < -0.39 is 5.60 Å². The van der Waals surface area contributed by atoms with E-state index in [9.17, 15) is 9.59 Å². The van der Waals surface area contributed by atoms with Crippen LogP contribution < -0.4 is 0 Å². The highest BCUT2D eigenvalue weighted by molar-refractivity contribution is 5.70. The van der Waals surface area contributed by atoms with Crippen LogP contribution in [0, 0.1) is 5.92 Å². The number of amides is 1. The molecule has 0 bridgehead atoms. The Morgan fingerprint density at radius 3 is 2.32 bits per heavy atom. The number of hydrogen-bond donors (Lipinski definition) is 0. The molecule has 2 aromatic carbocycles. The summed E-state index contributed by atoms with van der Waals surface area (Å²) in [5, 5.41) is 0. The fourth-order valence-electron chi connectivity index (χ4n) is 3.79. The molecule has 0 saturated carbocycles. The second-order valence-electron chi connectivity index (χ2n) is 9.25. The Kier molecular flexibility index (Phi) is 7.72. The number of aryl methyl sites for hydroxylation is 1. The zero-order chi connectivity index (χ0) is 22.3. The average Bonchev–Trinajstić information content (AvgIpc) is 3.20. The molecule has 0 spiro atoms. The maximum absolute atomic E-state index is 12.3. The second-order valence-corrected chi connectivity index (χ2v) is 9.25. The Balaban J connectivity index is 1.40. The minimum absolute atomic E-state index is 0.165. The highest BCUT2D eigenvalue weighted by atomic mass is 16.6. The summed E-state index contributed by atoms with van der Waals surface area (Å²) in [5.41, 5.74) is 2.94. The molecule has 1 heterocycles. The summed E-state index contributed by atoms with van der Waals surface area (Å²) in [7, 11) is 0. The van der Waals surface area contributed by atoms with Crippen molar-refractivity contribution in [2.24, 2.45) is 5.92 Å². The van der Waals surface area contributed by atoms with Crippen LogP contribution in [0.15, 0.2) is 54.6 Å². The summed E-state index contributed by atoms with van der Waals surface area (Å²) in [6, 6.07) is 18.2. The van der Waals surface area contributed by atoms with E-state index in [2.05, 4.69) is 24.3 Å². The van der Waals surface area contributed by atoms with Gasteiger partial charge in [-0.15, -0.1) is 0 Å². The van der Waals surface area contributed by atoms with Gasteiger partial charge in [0.25, 0.3) is 0 Å². The largest absolute Gasteiger partial charge is 0.460 e. The molecule has 1 fully saturated rings. The summed E-state index contributed by atoms with van der Waals surface area (Å²) in [6.07, 6.45) is 2.76. The molecule has 2 aromatic rings. The predicted molar refractivity (Wildman–Crippen MR) is 121 cm³/mol. The number of likely N-dealkylation sites (tertiary alicyclic amines) is 1. The molecule has 0 N–H and O–H groups in total. The highest BCUT2D eigenvalue weighted by Gasteiger charge is 2.27. The van der Waals surface area contributed by atoms with Crippen LogP contribution in [0.2, 0.25) is 0 Å². The van der Waals surface area contributed by atoms with E-state index in [1.807, 2.05) is 56.0 Å². The van der Waals surface area contributed by atoms with Crippen molar-refractivity contribution in [2.45, 2.75) is 58.7 Å². The quantitative estimate of drug-likeness (QED) is 0.577. The lowest BCUT2D eigenvalue weighted by molar-refractivity contribution is -0.154. The number of hydrogen-bond acceptors (Lipinski definition) is 4. The van der Waals surface area contributed by atoms with Crippen LogP contribution >= 0.6 is 0 Å². The van der Waals surface area contributed by atoms with Gasteiger partial charge in [-0.2, -0.15) is 0 Å². The number of rotatable bonds is 7. The summed E-state index contributed by atoms with van der Waals surface area (Å²) >= 11 is 0. The highest BCUT2D eigenvalue weighted by Crippen LogP contribution is 2.22. The van der Waals surface area contributed by atoms with Gasteiger partial charge < -0.3 is 14.4 Å². The molecular weight excluding hydrogens is 390 g/mol. The number of carbonyl (C=O) groups excluding carboxylic acids is 2. The molecule has 1 unspecified atom stereocenters. The van der Waals surface area contributed by atoms with Crippen molar-refractivity contribution >= 4 is 12.1 Å². The lowest BCUT2D eigenvalue weighted by Crippen LogP contribution is -2.29. The second kappa shape index (κ2) is 10.5. The van der Waals surface area contributed by atoms with Crippen LogP contribution in [0.25, 0.3) is 0 Å². The molecule has 0 radical (unpaired) electrons. The van der Waals surface area contributed by atoms with Crippen molar-refractivity contribution in [3.8, 4) is 0 Å². The zero-order valence-corrected chi connectivity index (χ0v) is 18.8. The van der Waals surface area contributed by atoms with Crippen molar-refractivity contribution in [3.63, 3.8) is 0 Å². The molecule has 1 amide bonds. The van der Waals surface area contributed by atoms with Crippen LogP contribution in [0.4, 0.5) is 4.79 Å². The molecule has 0 aliphatic carbocycles. The molecule has 1 aliphatic rings. The van der Waals surface area contributed by atoms with Crippen LogP contribution in [-0.4, -0.2) is 35.7 Å². The first kappa shape index (κ1) is 22.9. The molecule has 0 aromatic heterocycles. The molecule has 3 rings (SSSR count). The van der Waals surface area contributed by atoms with Gasteiger partial charge in [0.05, 0.1) is 0 Å². The summed E-state index contributed by atoms with van der Waals surface area (Å²) in [6.45, 7) is 7.43. The summed E-state index contributed by atoms with van der Waals surface area (Å²) < 4.78 is 10.8. The zero-order valence-electron chi connectivity index (χ0n) is 18.8. The van der Waals surface area contributed by atoms with Crippen LogP contribution in [0.1, 0.15) is 50.3 Å². The van der Waals surface area contributed by atoms with Crippen LogP contribution in [0.5, 0.6) is 0 Å². The average molecular weight is 424 g/mol. The number of benzene rings is 2. The number of ether oxygens (including phenoxy) is 2. The van der Waals surface area contributed by atoms with Crippen molar-refractivity contribution in [3.05, 3.63) is 71.3 Å². The van der Waals surface area contributed by atoms with Gasteiger partial charge in [0.2, 0.25) is 0 Å². The lowest BCUT2D eigenvalue weighted by atomic mass is 9.97. The topological polar surface area (TPSA) is 55.8 Å². The molecule has 1 saturated heterocycles. The van der Waals surface area contributed by atoms with E-state index in [0.717, 1.165) is 37.1 Å². The fourth-order valence-corrected chi connectivity index (χ4v) is 3.79. The van der Waals surface area contributed by atoms with Crippen molar-refractivity contribution < 1.29 is 19.1 Å². The van der Waals surface area contributed by atoms with Gasteiger partial charge in [-0.05, 0) is 62.6 Å². The SMILES string of the molecule is CC(C)(C)OC(=O)CCc1ccc(CC2CCN(C(=O)OCc3ccccc3)C2)cc1. The molecule has 5 nitrogen and oxygen atoms in total. The molecular formula is C26H33NO4. The third-order valence-electron chi connectivity index (χ3n) is 5.33. The minimum atomic E-state index is -0.440. The Bertz CT molecular complexity index is 855. The third-order valence-corrected chi connectivity index (χ3v) is 5.33. The molecule has 166 valence electrons. The van der Waals surface area contributed by atoms with Gasteiger partial charge in [0.15, 0.2) is 0 Å². The summed E-state index contributed by atoms with van der Waals surface area (Å²) in [4.78, 5) is 26.0. The number of esters is 1. The lowest BCUT2D eigenvalue weighted by Gasteiger charge is -2.19. The Hall–Kier alpha value is -2.82. The van der Waals surface area contributed by atoms with E-state index in [4.69, 9.17) is 9.47 Å². The standard InChI is InChI=1S/C26H33NO4/c1-26(2,3)31-24(28)14-13-20-9-11-21(12-10-20)17-23-15-16-27(18-23)25(29)30-19-22-7-5-4-6-8-22/h4-12,23H,13-19H2,1-3H3. The van der Waals surface area contributed by atoms with Gasteiger partial charge in [-0.1, -0.05) is 54.6 Å². The Morgan fingerprint density at radius 2 is 1.65 bits per heavy atom. The molecule has 5 heteroatoms. The van der Waals surface area contributed by atoms with Gasteiger partial charge in [0, 0.05) is 19.5 Å². The number of nitrogens with zero attached hydrogens (tertiary/aromatic N) is 1. The van der Waals surface area contributed by atoms with Gasteiger partial charge >= 0.3 is 12.1 Å². The minimum Gasteiger partial charge on any atom is -0.460 e. The normalized spacial score (nSPS) is 16.2. The van der Waals surface area contributed by atoms with Crippen LogP contribution in [-0.2, 0) is 33.7 Å². The Labute approximate surface area is 185 Å². The predicted octanol–water partition coefficient (Wildman–Crippen LogP) is 5.16. The molecule has 1 aliphatic heterocycles. The van der Waals surface area contributed by atoms with E-state index in [1.54, 1.807) is 0 Å². The summed E-state index contributed by atoms with van der Waals surface area (Å²) in [5.74, 6) is 0.277. The monoisotopic (exact) mass is 423 g/mol. The van der Waals surface area contributed by atoms with Gasteiger partial charge in [-0.25, -0.2) is 4.79 Å². The van der Waals surface area contributed by atoms with E-state index in [-0.39, 0.29) is 12.1 Å². The van der Waals surface area contributed by atoms with Crippen molar-refractivity contribution in [1.82, 2.24) is 4.90 Å². The van der Waals surface area contributed by atoms with Crippen molar-refractivity contribution in [2.75, 3.05) is 13.1 Å². The van der Waals surface area contributed by atoms with E-state index in [1.165, 1.54) is 5.56 Å². The van der Waals surface area contributed by atoms with E-state index >= 15 is 0 Å². The van der Waals surface area contributed by atoms with Gasteiger partial charge in [0.1, 0.15) is 12.2 Å². The fraction of sp³-hybridized carbons (Fsp3) is 0.462. The molecule has 31 heavy (non-hydrogen) atoms. The first-order valence-electron chi connectivity index (χ1n) is 11.0. The first-order valence-corrected chi connectivity index (χ1v) is 11.0. The maximum Gasteiger partial charge on any atom is 0.410 e. The third kappa shape index (κ3) is 7.74. The first-order chi connectivity index (χ1) is 14.8. The smallest absolute Gasteiger partial charge is 0.410 e. The van der Waals surface area contributed by atoms with E-state index in [0.29, 0.717) is 25.4 Å². The van der Waals surface area contributed by atoms with Gasteiger partial charge in [-0.3, -0.25) is 4.79 Å². The Morgan fingerprint density at radius 1 is 0.968 bits per heavy atom. The molecule has 1 atom stereocenters. The number of carbonyl (C=O) groups is 2. The van der Waals surface area contributed by atoms with Crippen LogP contribution in [0.3, 0.4) is 0 Å².